The number of likely N-dealkylation sites (tertiary alicyclic amines) is 1. The van der Waals surface area contributed by atoms with Crippen molar-refractivity contribution in [1.82, 2.24) is 9.80 Å². The van der Waals surface area contributed by atoms with Crippen LogP contribution in [0.5, 0.6) is 5.75 Å². The zero-order chi connectivity index (χ0) is 19.4. The number of aryl methyl sites for hydroxylation is 2. The fourth-order valence-corrected chi connectivity index (χ4v) is 5.97. The number of nitrogens with zero attached hydrogens (tertiary/aromatic N) is 2. The normalized spacial score (nSPS) is 31.1. The number of carbonyl (C=O) groups is 1. The molecule has 3 atom stereocenters. The SMILES string of the molecule is Cc1cc(C)cc(C(=O)N2C[C@H](c3cccc(O)c3)[C@H]3[C@@H]2C2CCN3CC2)c1. The van der Waals surface area contributed by atoms with Crippen molar-refractivity contribution in [1.29, 1.82) is 0 Å². The van der Waals surface area contributed by atoms with Crippen molar-refractivity contribution in [2.24, 2.45) is 5.92 Å². The van der Waals surface area contributed by atoms with E-state index in [0.29, 0.717) is 17.7 Å². The van der Waals surface area contributed by atoms with Crippen LogP contribution in [-0.2, 0) is 0 Å². The fourth-order valence-electron chi connectivity index (χ4n) is 5.97. The van der Waals surface area contributed by atoms with Crippen LogP contribution in [0, 0.1) is 19.8 Å². The van der Waals surface area contributed by atoms with E-state index < -0.39 is 0 Å². The summed E-state index contributed by atoms with van der Waals surface area (Å²) in [4.78, 5) is 18.3. The Morgan fingerprint density at radius 2 is 1.71 bits per heavy atom. The van der Waals surface area contributed by atoms with Gasteiger partial charge in [0, 0.05) is 24.1 Å². The van der Waals surface area contributed by atoms with Gasteiger partial charge in [0.2, 0.25) is 0 Å². The minimum absolute atomic E-state index is 0.165. The van der Waals surface area contributed by atoms with Gasteiger partial charge in [0.1, 0.15) is 5.75 Å². The van der Waals surface area contributed by atoms with Crippen molar-refractivity contribution in [2.75, 3.05) is 19.6 Å². The van der Waals surface area contributed by atoms with Crippen LogP contribution in [0.4, 0.5) is 0 Å². The number of phenols is 1. The van der Waals surface area contributed by atoms with Gasteiger partial charge in [-0.3, -0.25) is 9.69 Å². The van der Waals surface area contributed by atoms with Crippen LogP contribution in [0.3, 0.4) is 0 Å². The molecule has 0 spiro atoms. The maximum atomic E-state index is 13.6. The first-order valence-corrected chi connectivity index (χ1v) is 10.4. The van der Waals surface area contributed by atoms with Crippen LogP contribution in [0.25, 0.3) is 0 Å². The minimum Gasteiger partial charge on any atom is -0.508 e. The first-order valence-electron chi connectivity index (χ1n) is 10.4. The second-order valence-corrected chi connectivity index (χ2v) is 8.89. The molecule has 0 aromatic heterocycles. The first-order chi connectivity index (χ1) is 13.5. The molecule has 2 bridgehead atoms. The Hall–Kier alpha value is -2.33. The summed E-state index contributed by atoms with van der Waals surface area (Å²) in [5, 5.41) is 10.0. The average Bonchev–Trinajstić information content (AvgIpc) is 3.10. The summed E-state index contributed by atoms with van der Waals surface area (Å²) in [6, 6.07) is 14.4. The summed E-state index contributed by atoms with van der Waals surface area (Å²) in [6.45, 7) is 7.11. The number of hydrogen-bond acceptors (Lipinski definition) is 3. The standard InChI is InChI=1S/C24H28N2O2/c1-15-10-16(2)12-19(11-15)24(28)26-14-21(18-4-3-5-20(27)13-18)23-22(26)17-6-8-25(23)9-7-17/h3-5,10-13,17,21-23,27H,6-9,14H2,1-2H3/t21-,22+,23+/m1/s1. The Labute approximate surface area is 166 Å². The molecule has 0 unspecified atom stereocenters. The molecule has 4 aliphatic heterocycles. The van der Waals surface area contributed by atoms with Gasteiger partial charge in [0.25, 0.3) is 5.91 Å². The molecule has 1 amide bonds. The van der Waals surface area contributed by atoms with Crippen molar-refractivity contribution in [3.8, 4) is 5.75 Å². The summed E-state index contributed by atoms with van der Waals surface area (Å²) < 4.78 is 0. The van der Waals surface area contributed by atoms with E-state index in [1.165, 1.54) is 12.8 Å². The van der Waals surface area contributed by atoms with E-state index in [-0.39, 0.29) is 17.9 Å². The number of rotatable bonds is 2. The van der Waals surface area contributed by atoms with E-state index in [1.807, 2.05) is 24.3 Å². The molecule has 0 radical (unpaired) electrons. The maximum absolute atomic E-state index is 13.6. The van der Waals surface area contributed by atoms with Crippen molar-refractivity contribution in [2.45, 2.75) is 44.7 Å². The third-order valence-electron chi connectivity index (χ3n) is 7.02. The Bertz CT molecular complexity index is 896. The van der Waals surface area contributed by atoms with Crippen molar-refractivity contribution >= 4 is 5.91 Å². The highest BCUT2D eigenvalue weighted by Crippen LogP contribution is 2.47. The van der Waals surface area contributed by atoms with E-state index in [2.05, 4.69) is 35.8 Å². The van der Waals surface area contributed by atoms with Gasteiger partial charge in [-0.15, -0.1) is 0 Å². The number of amides is 1. The van der Waals surface area contributed by atoms with E-state index in [9.17, 15) is 9.90 Å². The highest BCUT2D eigenvalue weighted by atomic mass is 16.3. The zero-order valence-electron chi connectivity index (χ0n) is 16.6. The summed E-state index contributed by atoms with van der Waals surface area (Å²) >= 11 is 0. The lowest BCUT2D eigenvalue weighted by Gasteiger charge is -2.51. The lowest BCUT2D eigenvalue weighted by atomic mass is 9.75. The average molecular weight is 377 g/mol. The van der Waals surface area contributed by atoms with Crippen molar-refractivity contribution < 1.29 is 9.90 Å². The molecule has 4 heterocycles. The molecule has 4 heteroatoms. The van der Waals surface area contributed by atoms with Crippen LogP contribution in [0.15, 0.2) is 42.5 Å². The van der Waals surface area contributed by atoms with E-state index >= 15 is 0 Å². The van der Waals surface area contributed by atoms with Crippen LogP contribution in [0.1, 0.15) is 45.8 Å². The lowest BCUT2D eigenvalue weighted by Crippen LogP contribution is -2.60. The second-order valence-electron chi connectivity index (χ2n) is 8.89. The molecule has 2 aromatic rings. The van der Waals surface area contributed by atoms with Gasteiger partial charge in [-0.2, -0.15) is 0 Å². The molecule has 28 heavy (non-hydrogen) atoms. The Morgan fingerprint density at radius 1 is 1.00 bits per heavy atom. The first kappa shape index (κ1) is 17.7. The minimum atomic E-state index is 0.165. The van der Waals surface area contributed by atoms with Gasteiger partial charge in [0.05, 0.1) is 6.04 Å². The number of fused-ring (bicyclic) bond motifs is 2. The molecule has 6 rings (SSSR count). The van der Waals surface area contributed by atoms with Crippen LogP contribution in [-0.4, -0.2) is 52.5 Å². The third kappa shape index (κ3) is 2.82. The number of piperidine rings is 3. The number of benzene rings is 2. The molecule has 1 N–H and O–H groups in total. The summed E-state index contributed by atoms with van der Waals surface area (Å²) in [7, 11) is 0. The molecule has 4 fully saturated rings. The molecule has 0 saturated carbocycles. The molecule has 0 aliphatic carbocycles. The maximum Gasteiger partial charge on any atom is 0.254 e. The largest absolute Gasteiger partial charge is 0.508 e. The van der Waals surface area contributed by atoms with E-state index in [4.69, 9.17) is 0 Å². The van der Waals surface area contributed by atoms with Gasteiger partial charge >= 0.3 is 0 Å². The van der Waals surface area contributed by atoms with Crippen LogP contribution >= 0.6 is 0 Å². The predicted octanol–water partition coefficient (Wildman–Crippen LogP) is 3.71. The van der Waals surface area contributed by atoms with Gasteiger partial charge < -0.3 is 10.0 Å². The van der Waals surface area contributed by atoms with Gasteiger partial charge in [-0.25, -0.2) is 0 Å². The predicted molar refractivity (Wildman–Crippen MR) is 110 cm³/mol. The Kier molecular flexibility index (Phi) is 4.20. The molecular weight excluding hydrogens is 348 g/mol. The summed E-state index contributed by atoms with van der Waals surface area (Å²) in [6.07, 6.45) is 2.37. The van der Waals surface area contributed by atoms with Crippen molar-refractivity contribution in [3.05, 3.63) is 64.7 Å². The number of hydrogen-bond donors (Lipinski definition) is 1. The molecule has 146 valence electrons. The highest BCUT2D eigenvalue weighted by Gasteiger charge is 2.54. The molecular formula is C24H28N2O2. The van der Waals surface area contributed by atoms with Gasteiger partial charge in [-0.1, -0.05) is 29.3 Å². The van der Waals surface area contributed by atoms with Gasteiger partial charge in [0.15, 0.2) is 0 Å². The zero-order valence-corrected chi connectivity index (χ0v) is 16.6. The monoisotopic (exact) mass is 376 g/mol. The number of carbonyl (C=O) groups excluding carboxylic acids is 1. The second kappa shape index (κ2) is 6.63. The number of aromatic hydroxyl groups is 1. The summed E-state index contributed by atoms with van der Waals surface area (Å²) in [5.74, 6) is 1.32. The lowest BCUT2D eigenvalue weighted by molar-refractivity contribution is -0.00342. The molecule has 4 saturated heterocycles. The topological polar surface area (TPSA) is 43.8 Å². The third-order valence-corrected chi connectivity index (χ3v) is 7.02. The quantitative estimate of drug-likeness (QED) is 0.869. The van der Waals surface area contributed by atoms with Crippen LogP contribution in [0.2, 0.25) is 0 Å². The molecule has 4 aliphatic rings. The Morgan fingerprint density at radius 3 is 2.39 bits per heavy atom. The molecule has 2 aromatic carbocycles. The fraction of sp³-hybridized carbons (Fsp3) is 0.458. The Balaban J connectivity index is 1.54. The smallest absolute Gasteiger partial charge is 0.254 e. The molecule has 4 nitrogen and oxygen atoms in total. The highest BCUT2D eigenvalue weighted by molar-refractivity contribution is 5.95. The van der Waals surface area contributed by atoms with E-state index in [0.717, 1.165) is 41.9 Å². The number of phenolic OH excluding ortho intramolecular Hbond substituents is 1. The van der Waals surface area contributed by atoms with Gasteiger partial charge in [-0.05, 0) is 75.5 Å². The summed E-state index contributed by atoms with van der Waals surface area (Å²) in [5.41, 5.74) is 4.23. The van der Waals surface area contributed by atoms with Crippen LogP contribution < -0.4 is 0 Å². The van der Waals surface area contributed by atoms with Crippen molar-refractivity contribution in [3.63, 3.8) is 0 Å². The van der Waals surface area contributed by atoms with E-state index in [1.54, 1.807) is 6.07 Å².